The average Bonchev–Trinajstić information content (AvgIpc) is 3.17. The zero-order chi connectivity index (χ0) is 20.9. The first-order chi connectivity index (χ1) is 14.3. The van der Waals surface area contributed by atoms with Crippen molar-refractivity contribution < 1.29 is 9.84 Å². The number of hydrogen-bond donors (Lipinski definition) is 2. The molecule has 0 amide bonds. The van der Waals surface area contributed by atoms with Gasteiger partial charge in [-0.3, -0.25) is 0 Å². The molecule has 0 radical (unpaired) electrons. The molecule has 0 unspecified atom stereocenters. The molecule has 0 aromatic rings. The van der Waals surface area contributed by atoms with Crippen molar-refractivity contribution in [2.24, 2.45) is 40.4 Å². The second kappa shape index (κ2) is 7.31. The minimum Gasteiger partial charge on any atom is -0.393 e. The van der Waals surface area contributed by atoms with E-state index in [1.54, 1.807) is 5.57 Å². The van der Waals surface area contributed by atoms with Gasteiger partial charge in [-0.25, -0.2) is 0 Å². The molecular weight excluding hydrogens is 382 g/mol. The molecule has 2 heterocycles. The number of fused-ring (bicyclic) bond motifs is 7. The molecule has 4 aliphatic carbocycles. The number of nitrogens with one attached hydrogen (secondary N) is 1. The largest absolute Gasteiger partial charge is 0.393 e. The Kier molecular flexibility index (Phi) is 5.28. The molecule has 3 nitrogen and oxygen atoms in total. The molecule has 2 saturated heterocycles. The number of hydrogen-bond acceptors (Lipinski definition) is 3. The summed E-state index contributed by atoms with van der Waals surface area (Å²) >= 11 is 0. The van der Waals surface area contributed by atoms with Crippen LogP contribution in [0.5, 0.6) is 0 Å². The zero-order valence-corrected chi connectivity index (χ0v) is 19.6. The maximum Gasteiger partial charge on any atom is 0.0784 e. The van der Waals surface area contributed by atoms with Crippen LogP contribution in [0.25, 0.3) is 0 Å². The molecule has 3 heteroatoms. The quantitative estimate of drug-likeness (QED) is 0.484. The maximum absolute atomic E-state index is 10.3. The molecule has 0 aromatic carbocycles. The van der Waals surface area contributed by atoms with Crippen LogP contribution in [0.3, 0.4) is 0 Å². The SMILES string of the molecule is C.C[C@@H]1CN[C@H]2[C@@H](C)[C@@]3(CC[C@H]4[C@@H]5CC=C6C[C@@H](O)CC[C@]6(C)[C@H]5CC[C@@]43C)O[C@@H]2C1. The molecule has 6 aliphatic rings. The molecule has 5 fully saturated rings. The highest BCUT2D eigenvalue weighted by atomic mass is 16.5. The number of ether oxygens (including phenoxy) is 1. The number of allylic oxidation sites excluding steroid dienone is 1. The lowest BCUT2D eigenvalue weighted by Gasteiger charge is -2.59. The van der Waals surface area contributed by atoms with Crippen molar-refractivity contribution in [1.29, 1.82) is 0 Å². The van der Waals surface area contributed by atoms with Gasteiger partial charge in [0.1, 0.15) is 0 Å². The second-order valence-electron chi connectivity index (χ2n) is 12.8. The van der Waals surface area contributed by atoms with Gasteiger partial charge in [0.25, 0.3) is 0 Å². The molecule has 0 bridgehead atoms. The van der Waals surface area contributed by atoms with Crippen molar-refractivity contribution in [3.05, 3.63) is 11.6 Å². The van der Waals surface area contributed by atoms with E-state index in [0.717, 1.165) is 43.1 Å². The Labute approximate surface area is 190 Å². The van der Waals surface area contributed by atoms with Gasteiger partial charge in [-0.15, -0.1) is 0 Å². The molecule has 31 heavy (non-hydrogen) atoms. The van der Waals surface area contributed by atoms with Gasteiger partial charge in [0, 0.05) is 17.4 Å². The summed E-state index contributed by atoms with van der Waals surface area (Å²) in [4.78, 5) is 0. The van der Waals surface area contributed by atoms with Crippen LogP contribution in [-0.2, 0) is 4.74 Å². The Morgan fingerprint density at radius 3 is 2.65 bits per heavy atom. The summed E-state index contributed by atoms with van der Waals surface area (Å²) in [5, 5.41) is 14.2. The third-order valence-corrected chi connectivity index (χ3v) is 11.6. The van der Waals surface area contributed by atoms with Crippen molar-refractivity contribution >= 4 is 0 Å². The van der Waals surface area contributed by atoms with Crippen LogP contribution in [0.2, 0.25) is 0 Å². The fourth-order valence-corrected chi connectivity index (χ4v) is 10.00. The normalized spacial score (nSPS) is 57.9. The van der Waals surface area contributed by atoms with Gasteiger partial charge in [-0.1, -0.05) is 46.8 Å². The first-order valence-corrected chi connectivity index (χ1v) is 13.1. The lowest BCUT2D eigenvalue weighted by molar-refractivity contribution is -0.164. The molecule has 0 aromatic heterocycles. The summed E-state index contributed by atoms with van der Waals surface area (Å²) < 4.78 is 7.18. The van der Waals surface area contributed by atoms with E-state index in [4.69, 9.17) is 4.74 Å². The maximum atomic E-state index is 10.3. The molecule has 176 valence electrons. The fraction of sp³-hybridized carbons (Fsp3) is 0.929. The summed E-state index contributed by atoms with van der Waals surface area (Å²) in [6.07, 6.45) is 13.8. The zero-order valence-electron chi connectivity index (χ0n) is 19.6. The highest BCUT2D eigenvalue weighted by molar-refractivity contribution is 5.27. The Balaban J connectivity index is 0.00000204. The van der Waals surface area contributed by atoms with Gasteiger partial charge in [-0.2, -0.15) is 0 Å². The highest BCUT2D eigenvalue weighted by Crippen LogP contribution is 2.70. The first kappa shape index (κ1) is 22.4. The lowest BCUT2D eigenvalue weighted by Crippen LogP contribution is -2.57. The molecule has 3 saturated carbocycles. The van der Waals surface area contributed by atoms with Crippen LogP contribution >= 0.6 is 0 Å². The first-order valence-electron chi connectivity index (χ1n) is 13.1. The van der Waals surface area contributed by atoms with Gasteiger partial charge in [0.15, 0.2) is 0 Å². The predicted molar refractivity (Wildman–Crippen MR) is 127 cm³/mol. The predicted octanol–water partition coefficient (Wildman–Crippen LogP) is 5.72. The highest BCUT2D eigenvalue weighted by Gasteiger charge is 2.70. The summed E-state index contributed by atoms with van der Waals surface area (Å²) in [5.41, 5.74) is 2.34. The third-order valence-electron chi connectivity index (χ3n) is 11.6. The van der Waals surface area contributed by atoms with E-state index in [1.165, 1.54) is 44.9 Å². The van der Waals surface area contributed by atoms with Gasteiger partial charge in [-0.05, 0) is 93.4 Å². The van der Waals surface area contributed by atoms with Crippen LogP contribution in [0.4, 0.5) is 0 Å². The minimum absolute atomic E-state index is 0. The monoisotopic (exact) mass is 429 g/mol. The van der Waals surface area contributed by atoms with Crippen molar-refractivity contribution in [1.82, 2.24) is 5.32 Å². The van der Waals surface area contributed by atoms with Gasteiger partial charge >= 0.3 is 0 Å². The number of piperidine rings is 1. The topological polar surface area (TPSA) is 41.5 Å². The molecular formula is C28H47NO2. The third kappa shape index (κ3) is 2.81. The van der Waals surface area contributed by atoms with Crippen molar-refractivity contribution in [2.45, 2.75) is 117 Å². The Morgan fingerprint density at radius 1 is 1.06 bits per heavy atom. The summed E-state index contributed by atoms with van der Waals surface area (Å²) in [7, 11) is 0. The van der Waals surface area contributed by atoms with E-state index in [-0.39, 0.29) is 19.1 Å². The van der Waals surface area contributed by atoms with Crippen LogP contribution in [-0.4, -0.2) is 35.5 Å². The summed E-state index contributed by atoms with van der Waals surface area (Å²) in [6.45, 7) is 11.2. The van der Waals surface area contributed by atoms with Gasteiger partial charge in [0.05, 0.1) is 17.8 Å². The Morgan fingerprint density at radius 2 is 1.84 bits per heavy atom. The molecule has 1 spiro atoms. The van der Waals surface area contributed by atoms with Crippen molar-refractivity contribution in [3.63, 3.8) is 0 Å². The molecule has 2 N–H and O–H groups in total. The van der Waals surface area contributed by atoms with E-state index in [1.807, 2.05) is 0 Å². The van der Waals surface area contributed by atoms with Crippen LogP contribution < -0.4 is 5.32 Å². The van der Waals surface area contributed by atoms with Crippen LogP contribution in [0.15, 0.2) is 11.6 Å². The summed E-state index contributed by atoms with van der Waals surface area (Å²) in [6, 6.07) is 0.560. The van der Waals surface area contributed by atoms with Gasteiger partial charge < -0.3 is 15.2 Å². The smallest absolute Gasteiger partial charge is 0.0784 e. The Hall–Kier alpha value is -0.380. The number of aliphatic hydroxyl groups excluding tert-OH is 1. The number of aliphatic hydroxyl groups is 1. The lowest BCUT2D eigenvalue weighted by atomic mass is 9.46. The van der Waals surface area contributed by atoms with Crippen LogP contribution in [0, 0.1) is 40.4 Å². The average molecular weight is 430 g/mol. The fourth-order valence-electron chi connectivity index (χ4n) is 10.00. The van der Waals surface area contributed by atoms with E-state index in [2.05, 4.69) is 39.1 Å². The Bertz CT molecular complexity index is 749. The number of rotatable bonds is 0. The molecule has 6 rings (SSSR count). The van der Waals surface area contributed by atoms with Crippen LogP contribution in [0.1, 0.15) is 92.9 Å². The molecule has 2 aliphatic heterocycles. The van der Waals surface area contributed by atoms with E-state index in [0.29, 0.717) is 28.9 Å². The van der Waals surface area contributed by atoms with E-state index in [9.17, 15) is 5.11 Å². The molecule has 11 atom stereocenters. The standard InChI is InChI=1S/C27H43NO2.CH4/c1-16-13-23-24(28-15-16)17(2)27(30-23)12-9-22-20-6-5-18-14-19(29)7-10-25(18,3)21(20)8-11-26(22,27)4;/h5,16-17,19-24,28-29H,6-15H2,1-4H3;1H4/t16-,17+,19-,20+,21-,22-,23+,24-,25-,26-,27+;/m0./s1. The van der Waals surface area contributed by atoms with Gasteiger partial charge in [0.2, 0.25) is 0 Å². The second-order valence-corrected chi connectivity index (χ2v) is 12.8. The minimum atomic E-state index is -0.101. The van der Waals surface area contributed by atoms with Crippen molar-refractivity contribution in [3.8, 4) is 0 Å². The summed E-state index contributed by atoms with van der Waals surface area (Å²) in [5.74, 6) is 3.79. The van der Waals surface area contributed by atoms with E-state index < -0.39 is 0 Å². The van der Waals surface area contributed by atoms with E-state index >= 15 is 0 Å². The van der Waals surface area contributed by atoms with Crippen molar-refractivity contribution in [2.75, 3.05) is 6.54 Å².